The average Bonchev–Trinajstić information content (AvgIpc) is 2.96. The molecule has 0 radical (unpaired) electrons. The number of ketones is 1. The molecule has 5 heteroatoms. The number of carbonyl (C=O) groups is 2. The number of methoxy groups -OCH3 is 1. The first-order chi connectivity index (χ1) is 7.83. The SMILES string of the molecule is COCC(NC(=O)OC(C)(C)C)C(=O)C1CC1. The number of amides is 1. The Kier molecular flexibility index (Phi) is 4.51. The first-order valence-electron chi connectivity index (χ1n) is 5.85. The summed E-state index contributed by atoms with van der Waals surface area (Å²) >= 11 is 0. The van der Waals surface area contributed by atoms with E-state index >= 15 is 0 Å². The summed E-state index contributed by atoms with van der Waals surface area (Å²) in [6.45, 7) is 5.52. The summed E-state index contributed by atoms with van der Waals surface area (Å²) in [6, 6.07) is -0.595. The summed E-state index contributed by atoms with van der Waals surface area (Å²) in [5.74, 6) is 0.128. The molecule has 0 aromatic rings. The fraction of sp³-hybridized carbons (Fsp3) is 0.833. The Morgan fingerprint density at radius 3 is 2.35 bits per heavy atom. The zero-order chi connectivity index (χ0) is 13.1. The molecule has 1 amide bonds. The topological polar surface area (TPSA) is 64.6 Å². The molecule has 1 aliphatic carbocycles. The Morgan fingerprint density at radius 2 is 1.94 bits per heavy atom. The standard InChI is InChI=1S/C12H21NO4/c1-12(2,3)17-11(15)13-9(7-16-4)10(14)8-5-6-8/h8-9H,5-7H2,1-4H3,(H,13,15). The van der Waals surface area contributed by atoms with Crippen molar-refractivity contribution in [3.63, 3.8) is 0 Å². The van der Waals surface area contributed by atoms with E-state index in [0.717, 1.165) is 12.8 Å². The third-order valence-electron chi connectivity index (χ3n) is 2.35. The molecule has 1 N–H and O–H groups in total. The van der Waals surface area contributed by atoms with Gasteiger partial charge in [0.05, 0.1) is 6.61 Å². The van der Waals surface area contributed by atoms with Crippen molar-refractivity contribution in [2.45, 2.75) is 45.3 Å². The van der Waals surface area contributed by atoms with Crippen LogP contribution in [0.5, 0.6) is 0 Å². The number of alkyl carbamates (subject to hydrolysis) is 1. The third-order valence-corrected chi connectivity index (χ3v) is 2.35. The van der Waals surface area contributed by atoms with Crippen LogP contribution in [0.25, 0.3) is 0 Å². The van der Waals surface area contributed by atoms with Crippen molar-refractivity contribution in [2.24, 2.45) is 5.92 Å². The summed E-state index contributed by atoms with van der Waals surface area (Å²) in [4.78, 5) is 23.4. The fourth-order valence-electron chi connectivity index (χ4n) is 1.46. The van der Waals surface area contributed by atoms with Crippen molar-refractivity contribution in [1.29, 1.82) is 0 Å². The second kappa shape index (κ2) is 5.49. The van der Waals surface area contributed by atoms with Crippen LogP contribution >= 0.6 is 0 Å². The van der Waals surface area contributed by atoms with Gasteiger partial charge in [0.25, 0.3) is 0 Å². The van der Waals surface area contributed by atoms with Gasteiger partial charge in [-0.05, 0) is 33.6 Å². The summed E-state index contributed by atoms with van der Waals surface area (Å²) in [5, 5.41) is 2.56. The molecule has 0 aromatic carbocycles. The number of nitrogens with one attached hydrogen (secondary N) is 1. The summed E-state index contributed by atoms with van der Waals surface area (Å²) in [7, 11) is 1.50. The number of Topliss-reactive ketones (excluding diaryl/α,β-unsaturated/α-hetero) is 1. The molecule has 0 spiro atoms. The maximum atomic E-state index is 11.8. The van der Waals surface area contributed by atoms with E-state index in [1.165, 1.54) is 7.11 Å². The normalized spacial score (nSPS) is 17.4. The van der Waals surface area contributed by atoms with Gasteiger partial charge in [-0.1, -0.05) is 0 Å². The van der Waals surface area contributed by atoms with Gasteiger partial charge in [0.1, 0.15) is 11.6 Å². The fourth-order valence-corrected chi connectivity index (χ4v) is 1.46. The highest BCUT2D eigenvalue weighted by molar-refractivity contribution is 5.91. The highest BCUT2D eigenvalue weighted by atomic mass is 16.6. The van der Waals surface area contributed by atoms with Crippen LogP contribution in [0.4, 0.5) is 4.79 Å². The van der Waals surface area contributed by atoms with Crippen molar-refractivity contribution >= 4 is 11.9 Å². The van der Waals surface area contributed by atoms with Crippen LogP contribution in [0.1, 0.15) is 33.6 Å². The predicted molar refractivity (Wildman–Crippen MR) is 62.8 cm³/mol. The Labute approximate surface area is 102 Å². The van der Waals surface area contributed by atoms with Crippen molar-refractivity contribution in [2.75, 3.05) is 13.7 Å². The summed E-state index contributed by atoms with van der Waals surface area (Å²) < 4.78 is 10.0. The van der Waals surface area contributed by atoms with E-state index in [4.69, 9.17) is 9.47 Å². The van der Waals surface area contributed by atoms with Crippen LogP contribution < -0.4 is 5.32 Å². The molecule has 0 saturated heterocycles. The molecule has 0 aliphatic heterocycles. The summed E-state index contributed by atoms with van der Waals surface area (Å²) in [6.07, 6.45) is 1.25. The van der Waals surface area contributed by atoms with Crippen LogP contribution in [0.3, 0.4) is 0 Å². The largest absolute Gasteiger partial charge is 0.444 e. The van der Waals surface area contributed by atoms with Crippen molar-refractivity contribution in [3.05, 3.63) is 0 Å². The van der Waals surface area contributed by atoms with Gasteiger partial charge in [0.15, 0.2) is 5.78 Å². The quantitative estimate of drug-likeness (QED) is 0.794. The van der Waals surface area contributed by atoms with Gasteiger partial charge < -0.3 is 14.8 Å². The average molecular weight is 243 g/mol. The number of hydrogen-bond acceptors (Lipinski definition) is 4. The molecule has 1 unspecified atom stereocenters. The van der Waals surface area contributed by atoms with Gasteiger partial charge in [-0.3, -0.25) is 4.79 Å². The van der Waals surface area contributed by atoms with Crippen LogP contribution in [-0.2, 0) is 14.3 Å². The molecule has 0 bridgehead atoms. The van der Waals surface area contributed by atoms with Gasteiger partial charge in [-0.2, -0.15) is 0 Å². The van der Waals surface area contributed by atoms with Crippen LogP contribution in [0.15, 0.2) is 0 Å². The van der Waals surface area contributed by atoms with E-state index in [9.17, 15) is 9.59 Å². The molecular weight excluding hydrogens is 222 g/mol. The van der Waals surface area contributed by atoms with Crippen molar-refractivity contribution in [1.82, 2.24) is 5.32 Å². The second-order valence-electron chi connectivity index (χ2n) is 5.33. The van der Waals surface area contributed by atoms with Crippen molar-refractivity contribution < 1.29 is 19.1 Å². The maximum Gasteiger partial charge on any atom is 0.408 e. The molecule has 1 fully saturated rings. The zero-order valence-electron chi connectivity index (χ0n) is 10.9. The molecule has 5 nitrogen and oxygen atoms in total. The Morgan fingerprint density at radius 1 is 1.35 bits per heavy atom. The van der Waals surface area contributed by atoms with Crippen LogP contribution in [0, 0.1) is 5.92 Å². The Bertz CT molecular complexity index is 291. The van der Waals surface area contributed by atoms with E-state index in [0.29, 0.717) is 0 Å². The second-order valence-corrected chi connectivity index (χ2v) is 5.33. The molecule has 1 rings (SSSR count). The minimum absolute atomic E-state index is 0.0395. The maximum absolute atomic E-state index is 11.8. The molecule has 1 atom stereocenters. The molecule has 0 heterocycles. The van der Waals surface area contributed by atoms with E-state index in [1.54, 1.807) is 20.8 Å². The molecule has 1 aliphatic rings. The first kappa shape index (κ1) is 14.0. The number of hydrogen-bond donors (Lipinski definition) is 1. The Hall–Kier alpha value is -1.10. The van der Waals surface area contributed by atoms with E-state index in [2.05, 4.69) is 5.32 Å². The molecule has 17 heavy (non-hydrogen) atoms. The number of ether oxygens (including phenoxy) is 2. The first-order valence-corrected chi connectivity index (χ1v) is 5.85. The minimum atomic E-state index is -0.595. The predicted octanol–water partition coefficient (Wildman–Crippen LogP) is 1.51. The minimum Gasteiger partial charge on any atom is -0.444 e. The van der Waals surface area contributed by atoms with E-state index in [-0.39, 0.29) is 18.3 Å². The lowest BCUT2D eigenvalue weighted by molar-refractivity contribution is -0.123. The smallest absolute Gasteiger partial charge is 0.408 e. The third kappa shape index (κ3) is 5.17. The molecule has 98 valence electrons. The van der Waals surface area contributed by atoms with Gasteiger partial charge in [-0.15, -0.1) is 0 Å². The molecule has 1 saturated carbocycles. The monoisotopic (exact) mass is 243 g/mol. The number of carbonyl (C=O) groups excluding carboxylic acids is 2. The lowest BCUT2D eigenvalue weighted by Crippen LogP contribution is -2.46. The highest BCUT2D eigenvalue weighted by Crippen LogP contribution is 2.31. The lowest BCUT2D eigenvalue weighted by atomic mass is 10.1. The van der Waals surface area contributed by atoms with Gasteiger partial charge in [0, 0.05) is 13.0 Å². The highest BCUT2D eigenvalue weighted by Gasteiger charge is 2.36. The van der Waals surface area contributed by atoms with Gasteiger partial charge in [0.2, 0.25) is 0 Å². The van der Waals surface area contributed by atoms with Gasteiger partial charge in [-0.25, -0.2) is 4.79 Å². The van der Waals surface area contributed by atoms with E-state index in [1.807, 2.05) is 0 Å². The van der Waals surface area contributed by atoms with Gasteiger partial charge >= 0.3 is 6.09 Å². The molecular formula is C12H21NO4. The lowest BCUT2D eigenvalue weighted by Gasteiger charge is -2.22. The molecule has 0 aromatic heterocycles. The zero-order valence-corrected chi connectivity index (χ0v) is 10.9. The Balaban J connectivity index is 2.48. The van der Waals surface area contributed by atoms with Crippen molar-refractivity contribution in [3.8, 4) is 0 Å². The van der Waals surface area contributed by atoms with E-state index < -0.39 is 17.7 Å². The summed E-state index contributed by atoms with van der Waals surface area (Å²) in [5.41, 5.74) is -0.565. The van der Waals surface area contributed by atoms with Crippen LogP contribution in [0.2, 0.25) is 0 Å². The number of rotatable bonds is 5. The van der Waals surface area contributed by atoms with Crippen LogP contribution in [-0.4, -0.2) is 37.2 Å².